The fraction of sp³-hybridized carbons (Fsp3) is 0.600. The van der Waals surface area contributed by atoms with E-state index in [0.29, 0.717) is 17.0 Å². The summed E-state index contributed by atoms with van der Waals surface area (Å²) >= 11 is 0. The van der Waals surface area contributed by atoms with Crippen LogP contribution in [0.2, 0.25) is 0 Å². The molecule has 1 saturated heterocycles. The van der Waals surface area contributed by atoms with Gasteiger partial charge in [-0.3, -0.25) is 4.90 Å². The number of nitrogens with two attached hydrogens (primary N) is 1. The predicted molar refractivity (Wildman–Crippen MR) is 79.5 cm³/mol. The molecule has 0 bridgehead atoms. The molecule has 5 heteroatoms. The number of piperidine rings is 1. The van der Waals surface area contributed by atoms with Gasteiger partial charge in [-0.15, -0.1) is 0 Å². The molecule has 0 saturated carbocycles. The summed E-state index contributed by atoms with van der Waals surface area (Å²) in [7, 11) is -3.11. The molecule has 4 nitrogen and oxygen atoms in total. The van der Waals surface area contributed by atoms with Crippen LogP contribution < -0.4 is 5.73 Å². The maximum atomic E-state index is 11.6. The van der Waals surface area contributed by atoms with E-state index in [1.165, 1.54) is 23.8 Å². The van der Waals surface area contributed by atoms with Gasteiger partial charge in [0.25, 0.3) is 0 Å². The Balaban J connectivity index is 1.78. The summed E-state index contributed by atoms with van der Waals surface area (Å²) in [6, 6.07) is 6.35. The number of rotatable bonds is 2. The molecule has 1 aliphatic heterocycles. The van der Waals surface area contributed by atoms with Gasteiger partial charge >= 0.3 is 0 Å². The number of fused-ring (bicyclic) bond motifs is 1. The monoisotopic (exact) mass is 294 g/mol. The van der Waals surface area contributed by atoms with Crippen LogP contribution in [0, 0.1) is 0 Å². The van der Waals surface area contributed by atoms with Gasteiger partial charge in [0.05, 0.1) is 4.90 Å². The van der Waals surface area contributed by atoms with Gasteiger partial charge in [-0.2, -0.15) is 0 Å². The second-order valence-electron chi connectivity index (χ2n) is 6.16. The lowest BCUT2D eigenvalue weighted by Gasteiger charge is -2.35. The van der Waals surface area contributed by atoms with Crippen LogP contribution in [0.4, 0.5) is 0 Å². The van der Waals surface area contributed by atoms with Crippen molar-refractivity contribution in [2.75, 3.05) is 19.3 Å². The number of hydrogen-bond donors (Lipinski definition) is 1. The molecule has 20 heavy (non-hydrogen) atoms. The smallest absolute Gasteiger partial charge is 0.175 e. The maximum absolute atomic E-state index is 11.6. The molecule has 1 fully saturated rings. The number of hydrogen-bond acceptors (Lipinski definition) is 4. The van der Waals surface area contributed by atoms with Crippen LogP contribution in [0.25, 0.3) is 0 Å². The van der Waals surface area contributed by atoms with Crippen molar-refractivity contribution in [3.8, 4) is 0 Å². The van der Waals surface area contributed by atoms with Crippen LogP contribution in [0.5, 0.6) is 0 Å². The first-order chi connectivity index (χ1) is 9.43. The van der Waals surface area contributed by atoms with E-state index in [2.05, 4.69) is 4.90 Å². The third kappa shape index (κ3) is 2.75. The van der Waals surface area contributed by atoms with Crippen molar-refractivity contribution >= 4 is 9.84 Å². The molecule has 1 unspecified atom stereocenters. The molecule has 110 valence electrons. The second kappa shape index (κ2) is 5.13. The highest BCUT2D eigenvalue weighted by Gasteiger charge is 2.30. The molecule has 0 amide bonds. The Hall–Kier alpha value is -0.910. The SMILES string of the molecule is CS(=O)(=O)c1ccc2c(c1)CC(N1CCC[C@@H](N)C1)C2. The zero-order valence-corrected chi connectivity index (χ0v) is 12.7. The van der Waals surface area contributed by atoms with Crippen LogP contribution in [0.1, 0.15) is 24.0 Å². The van der Waals surface area contributed by atoms with Crippen LogP contribution in [-0.4, -0.2) is 44.7 Å². The van der Waals surface area contributed by atoms with Crippen LogP contribution in [0.3, 0.4) is 0 Å². The summed E-state index contributed by atoms with van der Waals surface area (Å²) in [4.78, 5) is 2.92. The van der Waals surface area contributed by atoms with E-state index in [1.807, 2.05) is 12.1 Å². The molecule has 1 aromatic carbocycles. The number of nitrogens with zero attached hydrogens (tertiary/aromatic N) is 1. The molecule has 0 spiro atoms. The summed E-state index contributed by atoms with van der Waals surface area (Å²) in [5.41, 5.74) is 8.54. The number of benzene rings is 1. The van der Waals surface area contributed by atoms with Gasteiger partial charge in [-0.1, -0.05) is 6.07 Å². The van der Waals surface area contributed by atoms with Crippen molar-refractivity contribution in [2.45, 2.75) is 42.7 Å². The summed E-state index contributed by atoms with van der Waals surface area (Å²) in [6.45, 7) is 2.09. The topological polar surface area (TPSA) is 63.4 Å². The van der Waals surface area contributed by atoms with Crippen LogP contribution in [0.15, 0.2) is 23.1 Å². The Labute approximate surface area is 120 Å². The molecule has 2 N–H and O–H groups in total. The van der Waals surface area contributed by atoms with Crippen molar-refractivity contribution in [1.82, 2.24) is 4.90 Å². The molecule has 0 radical (unpaired) electrons. The van der Waals surface area contributed by atoms with E-state index < -0.39 is 9.84 Å². The molecule has 2 aliphatic rings. The van der Waals surface area contributed by atoms with Crippen molar-refractivity contribution in [3.63, 3.8) is 0 Å². The molecule has 1 heterocycles. The predicted octanol–water partition coefficient (Wildman–Crippen LogP) is 0.980. The van der Waals surface area contributed by atoms with E-state index in [9.17, 15) is 8.42 Å². The molecule has 1 aromatic rings. The molecule has 1 aliphatic carbocycles. The lowest BCUT2D eigenvalue weighted by atomic mass is 10.0. The molecule has 2 atom stereocenters. The first-order valence-corrected chi connectivity index (χ1v) is 9.14. The fourth-order valence-corrected chi connectivity index (χ4v) is 4.10. The maximum Gasteiger partial charge on any atom is 0.175 e. The highest BCUT2D eigenvalue weighted by molar-refractivity contribution is 7.90. The van der Waals surface area contributed by atoms with E-state index in [0.717, 1.165) is 32.4 Å². The Morgan fingerprint density at radius 1 is 1.25 bits per heavy atom. The summed E-state index contributed by atoms with van der Waals surface area (Å²) in [5.74, 6) is 0. The highest BCUT2D eigenvalue weighted by Crippen LogP contribution is 2.29. The molecular formula is C15H22N2O2S. The largest absolute Gasteiger partial charge is 0.327 e. The quantitative estimate of drug-likeness (QED) is 0.883. The average molecular weight is 294 g/mol. The van der Waals surface area contributed by atoms with Crippen molar-refractivity contribution in [1.29, 1.82) is 0 Å². The standard InChI is InChI=1S/C15H22N2O2S/c1-20(18,19)15-5-4-11-7-14(8-12(11)9-15)17-6-2-3-13(16)10-17/h4-5,9,13-14H,2-3,6-8,10,16H2,1H3/t13-,14?/m1/s1. The fourth-order valence-electron chi connectivity index (χ4n) is 3.43. The second-order valence-corrected chi connectivity index (χ2v) is 8.18. The third-order valence-electron chi connectivity index (χ3n) is 4.52. The van der Waals surface area contributed by atoms with Crippen LogP contribution in [-0.2, 0) is 22.7 Å². The minimum atomic E-state index is -3.11. The molecular weight excluding hydrogens is 272 g/mol. The van der Waals surface area contributed by atoms with Crippen molar-refractivity contribution in [2.24, 2.45) is 5.73 Å². The Bertz CT molecular complexity index is 612. The third-order valence-corrected chi connectivity index (χ3v) is 5.63. The lowest BCUT2D eigenvalue weighted by molar-refractivity contribution is 0.153. The Morgan fingerprint density at radius 2 is 2.00 bits per heavy atom. The first kappa shape index (κ1) is 14.0. The van der Waals surface area contributed by atoms with Gasteiger partial charge in [0, 0.05) is 24.9 Å². The minimum absolute atomic E-state index is 0.291. The lowest BCUT2D eigenvalue weighted by Crippen LogP contribution is -2.48. The first-order valence-electron chi connectivity index (χ1n) is 7.25. The zero-order valence-electron chi connectivity index (χ0n) is 11.9. The van der Waals surface area contributed by atoms with Gasteiger partial charge in [0.1, 0.15) is 0 Å². The molecule has 3 rings (SSSR count). The van der Waals surface area contributed by atoms with E-state index in [1.54, 1.807) is 6.07 Å². The van der Waals surface area contributed by atoms with E-state index in [4.69, 9.17) is 5.73 Å². The Morgan fingerprint density at radius 3 is 2.70 bits per heavy atom. The number of likely N-dealkylation sites (tertiary alicyclic amines) is 1. The number of sulfone groups is 1. The zero-order chi connectivity index (χ0) is 14.3. The van der Waals surface area contributed by atoms with Gasteiger partial charge in [0.15, 0.2) is 9.84 Å². The molecule has 0 aromatic heterocycles. The van der Waals surface area contributed by atoms with Crippen molar-refractivity contribution in [3.05, 3.63) is 29.3 Å². The van der Waals surface area contributed by atoms with Gasteiger partial charge in [-0.05, 0) is 55.5 Å². The summed E-state index contributed by atoms with van der Waals surface area (Å²) in [5, 5.41) is 0. The minimum Gasteiger partial charge on any atom is -0.327 e. The van der Waals surface area contributed by atoms with E-state index in [-0.39, 0.29) is 0 Å². The van der Waals surface area contributed by atoms with Crippen molar-refractivity contribution < 1.29 is 8.42 Å². The summed E-state index contributed by atoms with van der Waals surface area (Å²) < 4.78 is 23.3. The van der Waals surface area contributed by atoms with Crippen LogP contribution >= 0.6 is 0 Å². The average Bonchev–Trinajstić information content (AvgIpc) is 2.80. The summed E-state index contributed by atoms with van der Waals surface area (Å²) in [6.07, 6.45) is 5.53. The highest BCUT2D eigenvalue weighted by atomic mass is 32.2. The Kier molecular flexibility index (Phi) is 3.60. The van der Waals surface area contributed by atoms with E-state index >= 15 is 0 Å². The van der Waals surface area contributed by atoms with Gasteiger partial charge < -0.3 is 5.73 Å². The van der Waals surface area contributed by atoms with Gasteiger partial charge in [0.2, 0.25) is 0 Å². The normalized spacial score (nSPS) is 27.5. The van der Waals surface area contributed by atoms with Gasteiger partial charge in [-0.25, -0.2) is 8.42 Å².